The molecule has 4 rings (SSSR count). The van der Waals surface area contributed by atoms with Gasteiger partial charge < -0.3 is 14.3 Å². The van der Waals surface area contributed by atoms with Crippen molar-refractivity contribution in [2.45, 2.75) is 13.5 Å². The molecule has 0 radical (unpaired) electrons. The zero-order valence-electron chi connectivity index (χ0n) is 14.2. The van der Waals surface area contributed by atoms with E-state index >= 15 is 0 Å². The van der Waals surface area contributed by atoms with Crippen molar-refractivity contribution in [1.29, 1.82) is 0 Å². The standard InChI is InChI=1S/C19H20ClN3OS/c1-14-4-5-15(20)11-17(14)23-8-6-22(7-9-23)13-16-12-18(24-21-16)19-3-2-10-25-19/h2-5,10-12H,6-9,13H2,1H3/p+1. The van der Waals surface area contributed by atoms with E-state index < -0.39 is 0 Å². The Bertz CT molecular complexity index is 838. The van der Waals surface area contributed by atoms with E-state index in [4.69, 9.17) is 16.1 Å². The predicted molar refractivity (Wildman–Crippen MR) is 103 cm³/mol. The molecule has 3 heterocycles. The molecule has 130 valence electrons. The quantitative estimate of drug-likeness (QED) is 0.761. The summed E-state index contributed by atoms with van der Waals surface area (Å²) in [5, 5.41) is 7.11. The molecule has 6 heteroatoms. The fourth-order valence-electron chi connectivity index (χ4n) is 3.35. The molecule has 0 saturated carbocycles. The van der Waals surface area contributed by atoms with Crippen LogP contribution in [-0.2, 0) is 6.54 Å². The van der Waals surface area contributed by atoms with Gasteiger partial charge >= 0.3 is 0 Å². The summed E-state index contributed by atoms with van der Waals surface area (Å²) in [4.78, 5) is 5.11. The molecule has 1 aliphatic heterocycles. The average Bonchev–Trinajstić information content (AvgIpc) is 3.29. The molecule has 1 aliphatic rings. The molecule has 1 saturated heterocycles. The Morgan fingerprint density at radius 1 is 1.24 bits per heavy atom. The molecule has 0 amide bonds. The number of halogens is 1. The summed E-state index contributed by atoms with van der Waals surface area (Å²) in [5.74, 6) is 0.873. The first kappa shape index (κ1) is 16.6. The minimum atomic E-state index is 0.805. The Balaban J connectivity index is 1.37. The second kappa shape index (κ2) is 7.20. The van der Waals surface area contributed by atoms with Gasteiger partial charge in [-0.2, -0.15) is 0 Å². The molecular formula is C19H21ClN3OS+. The Hall–Kier alpha value is -1.82. The SMILES string of the molecule is Cc1ccc(Cl)cc1N1CC[NH+](Cc2cc(-c3cccs3)on2)CC1. The van der Waals surface area contributed by atoms with Crippen molar-refractivity contribution in [1.82, 2.24) is 5.16 Å². The van der Waals surface area contributed by atoms with Gasteiger partial charge in [-0.05, 0) is 36.1 Å². The summed E-state index contributed by atoms with van der Waals surface area (Å²) >= 11 is 7.84. The smallest absolute Gasteiger partial charge is 0.177 e. The third-order valence-corrected chi connectivity index (χ3v) is 5.86. The number of quaternary nitrogens is 1. The molecule has 0 bridgehead atoms. The van der Waals surface area contributed by atoms with Gasteiger partial charge in [-0.1, -0.05) is 28.9 Å². The van der Waals surface area contributed by atoms with Crippen LogP contribution in [0.25, 0.3) is 10.6 Å². The van der Waals surface area contributed by atoms with Gasteiger partial charge in [0, 0.05) is 16.8 Å². The first-order chi connectivity index (χ1) is 12.2. The predicted octanol–water partition coefficient (Wildman–Crippen LogP) is 3.27. The van der Waals surface area contributed by atoms with E-state index in [2.05, 4.69) is 46.6 Å². The van der Waals surface area contributed by atoms with Gasteiger partial charge in [0.25, 0.3) is 0 Å². The number of hydrogen-bond acceptors (Lipinski definition) is 4. The van der Waals surface area contributed by atoms with Crippen LogP contribution in [-0.4, -0.2) is 31.3 Å². The number of aromatic nitrogens is 1. The van der Waals surface area contributed by atoms with E-state index in [9.17, 15) is 0 Å². The highest BCUT2D eigenvalue weighted by atomic mass is 35.5. The highest BCUT2D eigenvalue weighted by Crippen LogP contribution is 2.25. The minimum absolute atomic E-state index is 0.805. The second-order valence-corrected chi connectivity index (χ2v) is 7.89. The van der Waals surface area contributed by atoms with E-state index in [1.165, 1.54) is 11.3 Å². The number of benzene rings is 1. The molecule has 4 nitrogen and oxygen atoms in total. The number of nitrogens with one attached hydrogen (secondary N) is 1. The Morgan fingerprint density at radius 2 is 2.08 bits per heavy atom. The summed E-state index contributed by atoms with van der Waals surface area (Å²) < 4.78 is 5.49. The summed E-state index contributed by atoms with van der Waals surface area (Å²) in [7, 11) is 0. The molecule has 1 aromatic carbocycles. The van der Waals surface area contributed by atoms with Crippen molar-refractivity contribution in [3.05, 3.63) is 58.1 Å². The average molecular weight is 375 g/mol. The van der Waals surface area contributed by atoms with Gasteiger partial charge in [-0.15, -0.1) is 11.3 Å². The first-order valence-electron chi connectivity index (χ1n) is 8.53. The summed E-state index contributed by atoms with van der Waals surface area (Å²) in [5.41, 5.74) is 3.57. The topological polar surface area (TPSA) is 33.7 Å². The zero-order chi connectivity index (χ0) is 17.2. The molecule has 0 aliphatic carbocycles. The lowest BCUT2D eigenvalue weighted by atomic mass is 10.1. The molecule has 0 spiro atoms. The van der Waals surface area contributed by atoms with Gasteiger partial charge in [0.1, 0.15) is 12.2 Å². The maximum Gasteiger partial charge on any atom is 0.177 e. The Kier molecular flexibility index (Phi) is 4.79. The van der Waals surface area contributed by atoms with Gasteiger partial charge in [0.2, 0.25) is 0 Å². The zero-order valence-corrected chi connectivity index (χ0v) is 15.7. The lowest BCUT2D eigenvalue weighted by Crippen LogP contribution is -3.13. The molecule has 1 N–H and O–H groups in total. The number of piperazine rings is 1. The van der Waals surface area contributed by atoms with Crippen LogP contribution in [0.5, 0.6) is 0 Å². The normalized spacial score (nSPS) is 15.7. The van der Waals surface area contributed by atoms with Crippen molar-refractivity contribution in [2.75, 3.05) is 31.1 Å². The van der Waals surface area contributed by atoms with E-state index in [0.717, 1.165) is 54.1 Å². The highest BCUT2D eigenvalue weighted by molar-refractivity contribution is 7.13. The number of hydrogen-bond donors (Lipinski definition) is 1. The van der Waals surface area contributed by atoms with Gasteiger partial charge in [0.05, 0.1) is 31.1 Å². The van der Waals surface area contributed by atoms with E-state index in [1.807, 2.05) is 12.1 Å². The Labute approximate surface area is 156 Å². The van der Waals surface area contributed by atoms with Crippen LogP contribution in [0.15, 0.2) is 46.3 Å². The van der Waals surface area contributed by atoms with Crippen molar-refractivity contribution >= 4 is 28.6 Å². The molecule has 0 atom stereocenters. The number of rotatable bonds is 4. The van der Waals surface area contributed by atoms with Crippen LogP contribution in [0.4, 0.5) is 5.69 Å². The maximum absolute atomic E-state index is 6.17. The van der Waals surface area contributed by atoms with Gasteiger partial charge in [0.15, 0.2) is 5.76 Å². The lowest BCUT2D eigenvalue weighted by molar-refractivity contribution is -0.914. The van der Waals surface area contributed by atoms with Crippen LogP contribution in [0.3, 0.4) is 0 Å². The largest absolute Gasteiger partial charge is 0.360 e. The van der Waals surface area contributed by atoms with Gasteiger partial charge in [-0.3, -0.25) is 0 Å². The molecule has 2 aromatic heterocycles. The van der Waals surface area contributed by atoms with Crippen LogP contribution < -0.4 is 9.80 Å². The van der Waals surface area contributed by atoms with Crippen LogP contribution in [0, 0.1) is 6.92 Å². The number of aryl methyl sites for hydroxylation is 1. The van der Waals surface area contributed by atoms with Crippen molar-refractivity contribution in [3.63, 3.8) is 0 Å². The maximum atomic E-state index is 6.17. The molecule has 3 aromatic rings. The summed E-state index contributed by atoms with van der Waals surface area (Å²) in [6.45, 7) is 7.31. The summed E-state index contributed by atoms with van der Waals surface area (Å²) in [6.07, 6.45) is 0. The molecule has 0 unspecified atom stereocenters. The van der Waals surface area contributed by atoms with E-state index in [1.54, 1.807) is 16.2 Å². The van der Waals surface area contributed by atoms with Crippen LogP contribution in [0.1, 0.15) is 11.3 Å². The third kappa shape index (κ3) is 3.73. The van der Waals surface area contributed by atoms with Gasteiger partial charge in [-0.25, -0.2) is 0 Å². The lowest BCUT2D eigenvalue weighted by Gasteiger charge is -2.34. The number of thiophene rings is 1. The molecular weight excluding hydrogens is 354 g/mol. The number of anilines is 1. The van der Waals surface area contributed by atoms with Crippen LogP contribution in [0.2, 0.25) is 5.02 Å². The minimum Gasteiger partial charge on any atom is -0.360 e. The summed E-state index contributed by atoms with van der Waals surface area (Å²) in [6, 6.07) is 12.3. The highest BCUT2D eigenvalue weighted by Gasteiger charge is 2.23. The number of nitrogens with zero attached hydrogens (tertiary/aromatic N) is 2. The molecule has 25 heavy (non-hydrogen) atoms. The van der Waals surface area contributed by atoms with E-state index in [-0.39, 0.29) is 0 Å². The van der Waals surface area contributed by atoms with Crippen LogP contribution >= 0.6 is 22.9 Å². The van der Waals surface area contributed by atoms with E-state index in [0.29, 0.717) is 0 Å². The fourth-order valence-corrected chi connectivity index (χ4v) is 4.19. The first-order valence-corrected chi connectivity index (χ1v) is 9.79. The Morgan fingerprint density at radius 3 is 2.84 bits per heavy atom. The second-order valence-electron chi connectivity index (χ2n) is 6.50. The fraction of sp³-hybridized carbons (Fsp3) is 0.316. The van der Waals surface area contributed by atoms with Crippen molar-refractivity contribution in [3.8, 4) is 10.6 Å². The molecule has 1 fully saturated rings. The monoisotopic (exact) mass is 374 g/mol. The van der Waals surface area contributed by atoms with Crippen molar-refractivity contribution < 1.29 is 9.42 Å². The van der Waals surface area contributed by atoms with Crippen molar-refractivity contribution in [2.24, 2.45) is 0 Å². The third-order valence-electron chi connectivity index (χ3n) is 4.74.